The zero-order valence-electron chi connectivity index (χ0n) is 23.0. The summed E-state index contributed by atoms with van der Waals surface area (Å²) in [7, 11) is 0. The molecule has 11 heteroatoms. The van der Waals surface area contributed by atoms with Crippen molar-refractivity contribution in [3.05, 3.63) is 48.0 Å². The van der Waals surface area contributed by atoms with Gasteiger partial charge in [0.15, 0.2) is 18.6 Å². The van der Waals surface area contributed by atoms with Crippen molar-refractivity contribution in [2.75, 3.05) is 26.4 Å². The zero-order valence-corrected chi connectivity index (χ0v) is 23.0. The van der Waals surface area contributed by atoms with Crippen molar-refractivity contribution in [3.63, 3.8) is 0 Å². The summed E-state index contributed by atoms with van der Waals surface area (Å²) in [5.41, 5.74) is 10.3. The fourth-order valence-electron chi connectivity index (χ4n) is 6.27. The molecular formula is C30H34N6O5. The lowest BCUT2D eigenvalue weighted by Gasteiger charge is -2.42. The van der Waals surface area contributed by atoms with Crippen LogP contribution in [0, 0.1) is 6.92 Å². The number of nitrogens with zero attached hydrogens (tertiary/aromatic N) is 5. The van der Waals surface area contributed by atoms with Gasteiger partial charge in [-0.25, -0.2) is 14.5 Å². The molecule has 0 saturated carbocycles. The second-order valence-electron chi connectivity index (χ2n) is 11.2. The minimum absolute atomic E-state index is 0.127. The molecule has 0 bridgehead atoms. The van der Waals surface area contributed by atoms with E-state index in [4.69, 9.17) is 30.0 Å². The Kier molecular flexibility index (Phi) is 6.72. The molecule has 7 rings (SSSR count). The first-order valence-corrected chi connectivity index (χ1v) is 14.4. The number of rotatable bonds is 5. The van der Waals surface area contributed by atoms with Crippen LogP contribution in [0.2, 0.25) is 0 Å². The maximum atomic E-state index is 11.7. The Bertz CT molecular complexity index is 1610. The van der Waals surface area contributed by atoms with Crippen molar-refractivity contribution in [2.24, 2.45) is 5.73 Å². The summed E-state index contributed by atoms with van der Waals surface area (Å²) in [5, 5.41) is 18.1. The van der Waals surface area contributed by atoms with E-state index >= 15 is 0 Å². The summed E-state index contributed by atoms with van der Waals surface area (Å²) < 4.78 is 20.1. The number of likely N-dealkylation sites (tertiary alicyclic amines) is 1. The number of fused-ring (bicyclic) bond motifs is 2. The van der Waals surface area contributed by atoms with Crippen LogP contribution in [0.4, 0.5) is 4.79 Å². The van der Waals surface area contributed by atoms with Crippen LogP contribution in [0.1, 0.15) is 55.6 Å². The molecular weight excluding hydrogens is 524 g/mol. The molecule has 0 aliphatic carbocycles. The molecule has 6 heterocycles. The highest BCUT2D eigenvalue weighted by molar-refractivity contribution is 6.07. The number of aromatic nitrogens is 4. The van der Waals surface area contributed by atoms with Crippen LogP contribution in [-0.4, -0.2) is 74.5 Å². The molecule has 3 saturated heterocycles. The summed E-state index contributed by atoms with van der Waals surface area (Å²) in [4.78, 5) is 22.5. The number of pyridine rings is 2. The third-order valence-corrected chi connectivity index (χ3v) is 8.51. The lowest BCUT2D eigenvalue weighted by molar-refractivity contribution is -0.131. The smallest absolute Gasteiger partial charge is 0.317 e. The minimum atomic E-state index is -1.14. The van der Waals surface area contributed by atoms with E-state index in [0.717, 1.165) is 76.3 Å². The maximum Gasteiger partial charge on any atom is 0.317 e. The second-order valence-corrected chi connectivity index (χ2v) is 11.2. The van der Waals surface area contributed by atoms with E-state index in [2.05, 4.69) is 23.2 Å². The highest BCUT2D eigenvalue weighted by Crippen LogP contribution is 2.44. The first-order chi connectivity index (χ1) is 20.0. The number of hydrogen-bond donors (Lipinski definition) is 2. The lowest BCUT2D eigenvalue weighted by Crippen LogP contribution is -2.65. The molecule has 3 N–H and O–H groups in total. The largest absolute Gasteiger partial charge is 0.467 e. The normalized spacial score (nSPS) is 23.6. The van der Waals surface area contributed by atoms with Crippen molar-refractivity contribution in [2.45, 2.75) is 63.5 Å². The van der Waals surface area contributed by atoms with Gasteiger partial charge in [-0.15, -0.1) is 0 Å². The number of aliphatic hydroxyl groups is 1. The van der Waals surface area contributed by atoms with Crippen LogP contribution >= 0.6 is 0 Å². The van der Waals surface area contributed by atoms with Crippen LogP contribution in [0.3, 0.4) is 0 Å². The average molecular weight is 559 g/mol. The van der Waals surface area contributed by atoms with Gasteiger partial charge in [0.2, 0.25) is 5.88 Å². The van der Waals surface area contributed by atoms with Crippen LogP contribution in [0.15, 0.2) is 36.7 Å². The van der Waals surface area contributed by atoms with Crippen molar-refractivity contribution < 1.29 is 24.1 Å². The molecule has 1 aromatic carbocycles. The second kappa shape index (κ2) is 10.6. The molecule has 11 nitrogen and oxygen atoms in total. The quantitative estimate of drug-likeness (QED) is 0.375. The van der Waals surface area contributed by atoms with E-state index in [9.17, 15) is 9.90 Å². The molecule has 2 amide bonds. The standard InChI is InChI=1S/C30H34N6O5/c1-17-12-19(5-8-32-17)26-21-13-20-15-33-36(25-4-2-3-9-40-25)23(20)14-22(21)28(34-27(26)18-6-10-39-11-7-18)41-24-16-35(29(24)37)30(31)38/h5,8,12-15,18,24-25,29,37H,2-4,6-7,9-11,16H2,1H3,(H2,31,38). The number of carbonyl (C=O) groups excluding carboxylic acids is 1. The number of primary amides is 1. The van der Waals surface area contributed by atoms with Crippen LogP contribution in [0.5, 0.6) is 5.88 Å². The van der Waals surface area contributed by atoms with Gasteiger partial charge in [0.05, 0.1) is 24.0 Å². The van der Waals surface area contributed by atoms with Gasteiger partial charge in [0.1, 0.15) is 0 Å². The van der Waals surface area contributed by atoms with Crippen LogP contribution in [-0.2, 0) is 9.47 Å². The summed E-state index contributed by atoms with van der Waals surface area (Å²) in [6.45, 7) is 4.22. The predicted octanol–water partition coefficient (Wildman–Crippen LogP) is 4.01. The van der Waals surface area contributed by atoms with Gasteiger partial charge in [-0.2, -0.15) is 5.10 Å². The van der Waals surface area contributed by atoms with Gasteiger partial charge in [0, 0.05) is 54.0 Å². The Hall–Kier alpha value is -3.80. The molecule has 3 aliphatic rings. The Labute approximate surface area is 237 Å². The molecule has 41 heavy (non-hydrogen) atoms. The number of ether oxygens (including phenoxy) is 3. The summed E-state index contributed by atoms with van der Waals surface area (Å²) in [6, 6.07) is 7.66. The van der Waals surface area contributed by atoms with Crippen molar-refractivity contribution in [1.29, 1.82) is 0 Å². The van der Waals surface area contributed by atoms with Gasteiger partial charge in [-0.05, 0) is 74.2 Å². The van der Waals surface area contributed by atoms with Gasteiger partial charge in [-0.3, -0.25) is 9.88 Å². The first-order valence-electron chi connectivity index (χ1n) is 14.4. The molecule has 3 atom stereocenters. The first kappa shape index (κ1) is 26.1. The third-order valence-electron chi connectivity index (χ3n) is 8.51. The average Bonchev–Trinajstić information content (AvgIpc) is 3.41. The Morgan fingerprint density at radius 3 is 2.71 bits per heavy atom. The lowest BCUT2D eigenvalue weighted by atomic mass is 9.87. The number of urea groups is 1. The number of aliphatic hydroxyl groups excluding tert-OH is 1. The Balaban J connectivity index is 1.44. The molecule has 3 fully saturated rings. The fraction of sp³-hybridized carbons (Fsp3) is 0.467. The van der Waals surface area contributed by atoms with E-state index in [1.165, 1.54) is 4.90 Å². The Morgan fingerprint density at radius 2 is 1.98 bits per heavy atom. The fourth-order valence-corrected chi connectivity index (χ4v) is 6.27. The highest BCUT2D eigenvalue weighted by Gasteiger charge is 2.42. The molecule has 3 aromatic heterocycles. The number of amides is 2. The Morgan fingerprint density at radius 1 is 1.12 bits per heavy atom. The molecule has 3 unspecified atom stereocenters. The van der Waals surface area contributed by atoms with E-state index in [0.29, 0.717) is 25.7 Å². The molecule has 0 spiro atoms. The minimum Gasteiger partial charge on any atom is -0.467 e. The van der Waals surface area contributed by atoms with Gasteiger partial charge in [0.25, 0.3) is 0 Å². The maximum absolute atomic E-state index is 11.7. The monoisotopic (exact) mass is 558 g/mol. The topological polar surface area (TPSA) is 138 Å². The molecule has 0 radical (unpaired) electrons. The van der Waals surface area contributed by atoms with Crippen molar-refractivity contribution >= 4 is 27.7 Å². The summed E-state index contributed by atoms with van der Waals surface area (Å²) >= 11 is 0. The van der Waals surface area contributed by atoms with Crippen molar-refractivity contribution in [3.8, 4) is 17.0 Å². The molecule has 4 aromatic rings. The number of benzene rings is 1. The number of aryl methyl sites for hydroxylation is 1. The van der Waals surface area contributed by atoms with Gasteiger partial charge >= 0.3 is 6.03 Å². The van der Waals surface area contributed by atoms with E-state index < -0.39 is 18.4 Å². The highest BCUT2D eigenvalue weighted by atomic mass is 16.5. The van der Waals surface area contributed by atoms with E-state index in [1.807, 2.05) is 30.1 Å². The van der Waals surface area contributed by atoms with Crippen LogP contribution < -0.4 is 10.5 Å². The number of nitrogens with two attached hydrogens (primary N) is 1. The third kappa shape index (κ3) is 4.67. The SMILES string of the molecule is Cc1cc(-c2c(C3CCOCC3)nc(OC3CN(C(N)=O)C3O)c3cc4c(cnn4C4CCCCO4)cc23)ccn1. The number of carbonyl (C=O) groups is 1. The molecule has 214 valence electrons. The van der Waals surface area contributed by atoms with Crippen molar-refractivity contribution in [1.82, 2.24) is 24.6 Å². The van der Waals surface area contributed by atoms with Gasteiger partial charge < -0.3 is 25.1 Å². The predicted molar refractivity (Wildman–Crippen MR) is 151 cm³/mol. The van der Waals surface area contributed by atoms with Gasteiger partial charge in [-0.1, -0.05) is 0 Å². The van der Waals surface area contributed by atoms with E-state index in [-0.39, 0.29) is 18.7 Å². The summed E-state index contributed by atoms with van der Waals surface area (Å²) in [6.07, 6.45) is 6.54. The number of hydrogen-bond acceptors (Lipinski definition) is 8. The zero-order chi connectivity index (χ0) is 28.1. The van der Waals surface area contributed by atoms with E-state index in [1.54, 1.807) is 0 Å². The van der Waals surface area contributed by atoms with Crippen LogP contribution in [0.25, 0.3) is 32.8 Å². The molecule has 3 aliphatic heterocycles. The summed E-state index contributed by atoms with van der Waals surface area (Å²) in [5.74, 6) is 0.588.